The van der Waals surface area contributed by atoms with Gasteiger partial charge in [-0.1, -0.05) is 0 Å². The van der Waals surface area contributed by atoms with Crippen LogP contribution in [-0.2, 0) is 0 Å². The maximum atomic E-state index is 10.6. The van der Waals surface area contributed by atoms with Crippen molar-refractivity contribution in [2.24, 2.45) is 0 Å². The van der Waals surface area contributed by atoms with E-state index in [0.29, 0.717) is 0 Å². The average molecular weight is 250 g/mol. The predicted octanol–water partition coefficient (Wildman–Crippen LogP) is 1.80. The van der Waals surface area contributed by atoms with Gasteiger partial charge >= 0.3 is 0 Å². The van der Waals surface area contributed by atoms with Gasteiger partial charge in [-0.3, -0.25) is 10.1 Å². The molecule has 18 heavy (non-hydrogen) atoms. The molecule has 0 radical (unpaired) electrons. The van der Waals surface area contributed by atoms with Gasteiger partial charge in [0.1, 0.15) is 12.0 Å². The second kappa shape index (κ2) is 5.30. The first-order valence-corrected chi connectivity index (χ1v) is 6.13. The molecular weight excluding hydrogens is 232 g/mol. The van der Waals surface area contributed by atoms with Crippen LogP contribution in [0.2, 0.25) is 0 Å². The zero-order valence-corrected chi connectivity index (χ0v) is 10.7. The molecule has 0 spiro atoms. The summed E-state index contributed by atoms with van der Waals surface area (Å²) in [5, 5.41) is 13.8. The van der Waals surface area contributed by atoms with E-state index in [2.05, 4.69) is 22.2 Å². The molecule has 0 unspecified atom stereocenters. The number of nitrogens with zero attached hydrogens (tertiary/aromatic N) is 3. The van der Waals surface area contributed by atoms with Gasteiger partial charge in [0.25, 0.3) is 5.69 Å². The molecule has 2 rings (SSSR count). The van der Waals surface area contributed by atoms with E-state index in [1.807, 2.05) is 6.92 Å². The maximum Gasteiger partial charge on any atom is 0.287 e. The summed E-state index contributed by atoms with van der Waals surface area (Å²) in [6, 6.07) is 2.29. The molecule has 0 bridgehead atoms. The van der Waals surface area contributed by atoms with Crippen molar-refractivity contribution in [2.45, 2.75) is 25.8 Å². The number of aromatic nitrogens is 1. The number of nitro groups is 1. The van der Waals surface area contributed by atoms with Crippen LogP contribution in [0.15, 0.2) is 12.3 Å². The van der Waals surface area contributed by atoms with Gasteiger partial charge in [-0.15, -0.1) is 0 Å². The van der Waals surface area contributed by atoms with Crippen LogP contribution in [-0.4, -0.2) is 41.0 Å². The number of anilines is 1. The molecule has 1 fully saturated rings. The highest BCUT2D eigenvalue weighted by atomic mass is 16.6. The Kier molecular flexibility index (Phi) is 3.76. The van der Waals surface area contributed by atoms with Crippen LogP contribution >= 0.6 is 0 Å². The molecule has 6 nitrogen and oxygen atoms in total. The first-order valence-electron chi connectivity index (χ1n) is 6.13. The van der Waals surface area contributed by atoms with Crippen LogP contribution < -0.4 is 5.32 Å². The molecule has 0 atom stereocenters. The van der Waals surface area contributed by atoms with Crippen molar-refractivity contribution in [3.8, 4) is 0 Å². The second-order valence-corrected chi connectivity index (χ2v) is 4.75. The fourth-order valence-corrected chi connectivity index (χ4v) is 1.89. The average Bonchev–Trinajstić information content (AvgIpc) is 3.14. The Morgan fingerprint density at radius 3 is 2.89 bits per heavy atom. The first kappa shape index (κ1) is 12.8. The summed E-state index contributed by atoms with van der Waals surface area (Å²) < 4.78 is 0. The van der Waals surface area contributed by atoms with Crippen LogP contribution in [0.3, 0.4) is 0 Å². The van der Waals surface area contributed by atoms with Crippen molar-refractivity contribution in [1.29, 1.82) is 0 Å². The summed E-state index contributed by atoms with van der Waals surface area (Å²) in [5.74, 6) is 0.727. The Morgan fingerprint density at radius 2 is 2.33 bits per heavy atom. The van der Waals surface area contributed by atoms with Crippen molar-refractivity contribution in [3.63, 3.8) is 0 Å². The number of nitrogens with one attached hydrogen (secondary N) is 1. The SMILES string of the molecule is Cc1cc([N+](=O)[O-])cnc1NCCN(C)C1CC1. The lowest BCUT2D eigenvalue weighted by molar-refractivity contribution is -0.385. The Labute approximate surface area is 106 Å². The lowest BCUT2D eigenvalue weighted by Crippen LogP contribution is -2.27. The molecule has 1 aliphatic carbocycles. The van der Waals surface area contributed by atoms with Crippen molar-refractivity contribution in [3.05, 3.63) is 27.9 Å². The first-order chi connectivity index (χ1) is 8.58. The Hall–Kier alpha value is -1.69. The molecule has 1 N–H and O–H groups in total. The van der Waals surface area contributed by atoms with Crippen molar-refractivity contribution in [1.82, 2.24) is 9.88 Å². The second-order valence-electron chi connectivity index (χ2n) is 4.75. The molecule has 0 amide bonds. The van der Waals surface area contributed by atoms with E-state index >= 15 is 0 Å². The van der Waals surface area contributed by atoms with E-state index in [1.165, 1.54) is 19.0 Å². The van der Waals surface area contributed by atoms with Crippen LogP contribution in [0.1, 0.15) is 18.4 Å². The highest BCUT2D eigenvalue weighted by Crippen LogP contribution is 2.24. The Bertz CT molecular complexity index is 446. The zero-order valence-electron chi connectivity index (χ0n) is 10.7. The van der Waals surface area contributed by atoms with E-state index in [4.69, 9.17) is 0 Å². The molecule has 1 aromatic rings. The molecule has 0 aromatic carbocycles. The third-order valence-corrected chi connectivity index (χ3v) is 3.20. The highest BCUT2D eigenvalue weighted by Gasteiger charge is 2.25. The number of pyridine rings is 1. The number of hydrogen-bond donors (Lipinski definition) is 1. The molecule has 1 heterocycles. The molecular formula is C12H18N4O2. The molecule has 1 aliphatic rings. The van der Waals surface area contributed by atoms with Gasteiger partial charge in [-0.25, -0.2) is 4.98 Å². The van der Waals surface area contributed by atoms with Crippen molar-refractivity contribution in [2.75, 3.05) is 25.5 Å². The summed E-state index contributed by atoms with van der Waals surface area (Å²) in [5.41, 5.74) is 0.839. The number of aryl methyl sites for hydroxylation is 1. The van der Waals surface area contributed by atoms with Gasteiger partial charge in [-0.2, -0.15) is 0 Å². The molecule has 1 aromatic heterocycles. The summed E-state index contributed by atoms with van der Waals surface area (Å²) in [6.07, 6.45) is 3.89. The molecule has 6 heteroatoms. The summed E-state index contributed by atoms with van der Waals surface area (Å²) in [6.45, 7) is 3.59. The van der Waals surface area contributed by atoms with E-state index in [9.17, 15) is 10.1 Å². The zero-order chi connectivity index (χ0) is 13.1. The van der Waals surface area contributed by atoms with Gasteiger partial charge < -0.3 is 10.2 Å². The van der Waals surface area contributed by atoms with Crippen LogP contribution in [0, 0.1) is 17.0 Å². The molecule has 0 aliphatic heterocycles. The number of likely N-dealkylation sites (N-methyl/N-ethyl adjacent to an activating group) is 1. The van der Waals surface area contributed by atoms with Gasteiger partial charge in [0.05, 0.1) is 4.92 Å². The maximum absolute atomic E-state index is 10.6. The van der Waals surface area contributed by atoms with Crippen LogP contribution in [0.5, 0.6) is 0 Å². The van der Waals surface area contributed by atoms with Crippen LogP contribution in [0.25, 0.3) is 0 Å². The summed E-state index contributed by atoms with van der Waals surface area (Å²) in [4.78, 5) is 16.6. The van der Waals surface area contributed by atoms with Gasteiger partial charge in [0.2, 0.25) is 0 Å². The third kappa shape index (κ3) is 3.16. The Balaban J connectivity index is 1.86. The van der Waals surface area contributed by atoms with E-state index in [0.717, 1.165) is 30.5 Å². The van der Waals surface area contributed by atoms with Crippen molar-refractivity contribution < 1.29 is 4.92 Å². The number of rotatable bonds is 6. The van der Waals surface area contributed by atoms with E-state index in [-0.39, 0.29) is 5.69 Å². The standard InChI is InChI=1S/C12H18N4O2/c1-9-7-11(16(17)18)8-14-12(9)13-5-6-15(2)10-3-4-10/h7-8,10H,3-6H2,1-2H3,(H,13,14). The molecule has 0 saturated heterocycles. The van der Waals surface area contributed by atoms with Crippen molar-refractivity contribution >= 4 is 11.5 Å². The fourth-order valence-electron chi connectivity index (χ4n) is 1.89. The Morgan fingerprint density at radius 1 is 1.61 bits per heavy atom. The monoisotopic (exact) mass is 250 g/mol. The summed E-state index contributed by atoms with van der Waals surface area (Å²) >= 11 is 0. The van der Waals surface area contributed by atoms with Crippen LogP contribution in [0.4, 0.5) is 11.5 Å². The lowest BCUT2D eigenvalue weighted by atomic mass is 10.2. The highest BCUT2D eigenvalue weighted by molar-refractivity contribution is 5.48. The molecule has 1 saturated carbocycles. The minimum Gasteiger partial charge on any atom is -0.369 e. The quantitative estimate of drug-likeness (QED) is 0.615. The minimum absolute atomic E-state index is 0.0353. The summed E-state index contributed by atoms with van der Waals surface area (Å²) in [7, 11) is 2.12. The lowest BCUT2D eigenvalue weighted by Gasteiger charge is -2.16. The smallest absolute Gasteiger partial charge is 0.287 e. The number of hydrogen-bond acceptors (Lipinski definition) is 5. The van der Waals surface area contributed by atoms with E-state index < -0.39 is 4.92 Å². The van der Waals surface area contributed by atoms with Gasteiger partial charge in [0, 0.05) is 25.2 Å². The van der Waals surface area contributed by atoms with E-state index in [1.54, 1.807) is 6.07 Å². The van der Waals surface area contributed by atoms with Gasteiger partial charge in [-0.05, 0) is 32.4 Å². The van der Waals surface area contributed by atoms with Gasteiger partial charge in [0.15, 0.2) is 0 Å². The largest absolute Gasteiger partial charge is 0.369 e. The fraction of sp³-hybridized carbons (Fsp3) is 0.583. The topological polar surface area (TPSA) is 71.3 Å². The normalized spacial score (nSPS) is 14.8. The minimum atomic E-state index is -0.426. The third-order valence-electron chi connectivity index (χ3n) is 3.20. The molecule has 98 valence electrons. The predicted molar refractivity (Wildman–Crippen MR) is 69.8 cm³/mol.